The van der Waals surface area contributed by atoms with Crippen molar-refractivity contribution in [1.82, 2.24) is 4.90 Å². The van der Waals surface area contributed by atoms with Crippen molar-refractivity contribution in [3.8, 4) is 0 Å². The average Bonchev–Trinajstić information content (AvgIpc) is 2.32. The molecular formula is C14H27NO. The maximum Gasteiger partial charge on any atom is 0.0695 e. The number of nitrogens with zero attached hydrogens (tertiary/aromatic N) is 1. The molecule has 2 rings (SSSR count). The molecule has 2 aliphatic carbocycles. The van der Waals surface area contributed by atoms with Gasteiger partial charge in [0.05, 0.1) is 6.10 Å². The molecule has 0 saturated heterocycles. The molecule has 3 atom stereocenters. The van der Waals surface area contributed by atoms with Crippen LogP contribution in [0.2, 0.25) is 0 Å². The Morgan fingerprint density at radius 3 is 2.38 bits per heavy atom. The molecule has 2 fully saturated rings. The summed E-state index contributed by atoms with van der Waals surface area (Å²) in [4.78, 5) is 2.50. The van der Waals surface area contributed by atoms with E-state index in [0.29, 0.717) is 6.04 Å². The molecule has 1 N–H and O–H groups in total. The normalized spacial score (nSPS) is 37.9. The van der Waals surface area contributed by atoms with Crippen LogP contribution in [0.15, 0.2) is 0 Å². The molecule has 0 aromatic carbocycles. The maximum absolute atomic E-state index is 10.1. The Kier molecular flexibility index (Phi) is 4.26. The largest absolute Gasteiger partial charge is 0.391 e. The third-order valence-corrected chi connectivity index (χ3v) is 4.72. The van der Waals surface area contributed by atoms with E-state index in [4.69, 9.17) is 0 Å². The molecule has 2 nitrogen and oxygen atoms in total. The summed E-state index contributed by atoms with van der Waals surface area (Å²) >= 11 is 0. The molecule has 0 aromatic heterocycles. The fraction of sp³-hybridized carbons (Fsp3) is 1.00. The number of aliphatic hydroxyl groups is 1. The number of rotatable bonds is 2. The lowest BCUT2D eigenvalue weighted by Gasteiger charge is -2.43. The minimum atomic E-state index is -0.0804. The summed E-state index contributed by atoms with van der Waals surface area (Å²) < 4.78 is 0. The van der Waals surface area contributed by atoms with Gasteiger partial charge in [-0.05, 0) is 45.1 Å². The lowest BCUT2D eigenvalue weighted by molar-refractivity contribution is -0.00762. The van der Waals surface area contributed by atoms with Crippen molar-refractivity contribution in [2.24, 2.45) is 5.92 Å². The molecule has 0 spiro atoms. The van der Waals surface area contributed by atoms with Gasteiger partial charge in [-0.1, -0.05) is 26.2 Å². The Labute approximate surface area is 100 Å². The van der Waals surface area contributed by atoms with Gasteiger partial charge < -0.3 is 5.11 Å². The zero-order valence-electron chi connectivity index (χ0n) is 10.9. The fourth-order valence-corrected chi connectivity index (χ4v) is 3.53. The Bertz CT molecular complexity index is 213. The minimum absolute atomic E-state index is 0.0804. The molecule has 0 heterocycles. The first kappa shape index (κ1) is 12.4. The molecule has 94 valence electrons. The number of aliphatic hydroxyl groups excluding tert-OH is 1. The first-order chi connectivity index (χ1) is 7.68. The van der Waals surface area contributed by atoms with E-state index in [-0.39, 0.29) is 6.10 Å². The lowest BCUT2D eigenvalue weighted by Crippen LogP contribution is -2.50. The minimum Gasteiger partial charge on any atom is -0.391 e. The highest BCUT2D eigenvalue weighted by molar-refractivity contribution is 4.88. The van der Waals surface area contributed by atoms with E-state index in [1.54, 1.807) is 0 Å². The second-order valence-electron chi connectivity index (χ2n) is 6.01. The summed E-state index contributed by atoms with van der Waals surface area (Å²) in [5.41, 5.74) is 0. The summed E-state index contributed by atoms with van der Waals surface area (Å²) in [5.74, 6) is 0.791. The summed E-state index contributed by atoms with van der Waals surface area (Å²) in [6.45, 7) is 2.33. The first-order valence-corrected chi connectivity index (χ1v) is 7.08. The van der Waals surface area contributed by atoms with Gasteiger partial charge in [-0.15, -0.1) is 0 Å². The smallest absolute Gasteiger partial charge is 0.0695 e. The van der Waals surface area contributed by atoms with Crippen molar-refractivity contribution >= 4 is 0 Å². The highest BCUT2D eigenvalue weighted by Crippen LogP contribution is 2.31. The second-order valence-corrected chi connectivity index (χ2v) is 6.01. The first-order valence-electron chi connectivity index (χ1n) is 7.08. The summed E-state index contributed by atoms with van der Waals surface area (Å²) in [5, 5.41) is 10.1. The van der Waals surface area contributed by atoms with Gasteiger partial charge >= 0.3 is 0 Å². The topological polar surface area (TPSA) is 23.5 Å². The van der Waals surface area contributed by atoms with Gasteiger partial charge in [0.15, 0.2) is 0 Å². The fourth-order valence-electron chi connectivity index (χ4n) is 3.53. The molecule has 3 unspecified atom stereocenters. The molecule has 0 amide bonds. The Morgan fingerprint density at radius 1 is 1.00 bits per heavy atom. The van der Waals surface area contributed by atoms with Crippen molar-refractivity contribution in [2.75, 3.05) is 7.05 Å². The van der Waals surface area contributed by atoms with Crippen LogP contribution >= 0.6 is 0 Å². The third-order valence-electron chi connectivity index (χ3n) is 4.72. The SMILES string of the molecule is CC1CCC(O)C(N(C)C2CCCCC2)C1. The van der Waals surface area contributed by atoms with E-state index in [1.807, 2.05) is 0 Å². The predicted molar refractivity (Wildman–Crippen MR) is 67.4 cm³/mol. The summed E-state index contributed by atoms with van der Waals surface area (Å²) in [7, 11) is 2.24. The monoisotopic (exact) mass is 225 g/mol. The molecule has 2 saturated carbocycles. The van der Waals surface area contributed by atoms with E-state index < -0.39 is 0 Å². The van der Waals surface area contributed by atoms with Crippen LogP contribution < -0.4 is 0 Å². The van der Waals surface area contributed by atoms with Crippen LogP contribution in [0.1, 0.15) is 58.3 Å². The van der Waals surface area contributed by atoms with E-state index in [2.05, 4.69) is 18.9 Å². The Morgan fingerprint density at radius 2 is 1.69 bits per heavy atom. The molecule has 0 bridgehead atoms. The van der Waals surface area contributed by atoms with Crippen LogP contribution in [0, 0.1) is 5.92 Å². The number of hydrogen-bond donors (Lipinski definition) is 1. The molecular weight excluding hydrogens is 198 g/mol. The average molecular weight is 225 g/mol. The van der Waals surface area contributed by atoms with Gasteiger partial charge in [-0.2, -0.15) is 0 Å². The highest BCUT2D eigenvalue weighted by Gasteiger charge is 2.33. The van der Waals surface area contributed by atoms with Crippen molar-refractivity contribution in [3.05, 3.63) is 0 Å². The van der Waals surface area contributed by atoms with Crippen LogP contribution in [-0.2, 0) is 0 Å². The van der Waals surface area contributed by atoms with Crippen molar-refractivity contribution in [3.63, 3.8) is 0 Å². The molecule has 16 heavy (non-hydrogen) atoms. The molecule has 0 radical (unpaired) electrons. The van der Waals surface area contributed by atoms with Gasteiger partial charge in [-0.25, -0.2) is 0 Å². The third kappa shape index (κ3) is 2.78. The lowest BCUT2D eigenvalue weighted by atomic mass is 9.82. The molecule has 0 aromatic rings. The van der Waals surface area contributed by atoms with Gasteiger partial charge in [0.1, 0.15) is 0 Å². The van der Waals surface area contributed by atoms with Crippen molar-refractivity contribution in [2.45, 2.75) is 76.5 Å². The summed E-state index contributed by atoms with van der Waals surface area (Å²) in [6, 6.07) is 1.16. The predicted octanol–water partition coefficient (Wildman–Crippen LogP) is 2.80. The van der Waals surface area contributed by atoms with Crippen LogP contribution in [0.4, 0.5) is 0 Å². The van der Waals surface area contributed by atoms with Gasteiger partial charge in [0.25, 0.3) is 0 Å². The number of hydrogen-bond acceptors (Lipinski definition) is 2. The van der Waals surface area contributed by atoms with Crippen molar-refractivity contribution < 1.29 is 5.11 Å². The summed E-state index contributed by atoms with van der Waals surface area (Å²) in [6.07, 6.45) is 10.2. The van der Waals surface area contributed by atoms with E-state index in [9.17, 15) is 5.11 Å². The standard InChI is InChI=1S/C14H27NO/c1-11-8-9-14(16)13(10-11)15(2)12-6-4-3-5-7-12/h11-14,16H,3-10H2,1-2H3. The zero-order valence-corrected chi connectivity index (χ0v) is 10.9. The molecule has 2 aliphatic rings. The van der Waals surface area contributed by atoms with Gasteiger partial charge in [0.2, 0.25) is 0 Å². The maximum atomic E-state index is 10.1. The molecule has 0 aliphatic heterocycles. The van der Waals surface area contributed by atoms with E-state index >= 15 is 0 Å². The van der Waals surface area contributed by atoms with E-state index in [0.717, 1.165) is 18.4 Å². The zero-order chi connectivity index (χ0) is 11.5. The Balaban J connectivity index is 1.93. The highest BCUT2D eigenvalue weighted by atomic mass is 16.3. The van der Waals surface area contributed by atoms with Crippen LogP contribution in [0.3, 0.4) is 0 Å². The van der Waals surface area contributed by atoms with Crippen LogP contribution in [0.25, 0.3) is 0 Å². The van der Waals surface area contributed by atoms with Crippen LogP contribution in [0.5, 0.6) is 0 Å². The van der Waals surface area contributed by atoms with Crippen molar-refractivity contribution in [1.29, 1.82) is 0 Å². The van der Waals surface area contributed by atoms with E-state index in [1.165, 1.54) is 44.9 Å². The van der Waals surface area contributed by atoms with Crippen LogP contribution in [-0.4, -0.2) is 35.2 Å². The second kappa shape index (κ2) is 5.50. The Hall–Kier alpha value is -0.0800. The van der Waals surface area contributed by atoms with Gasteiger partial charge in [-0.3, -0.25) is 4.90 Å². The molecule has 2 heteroatoms. The van der Waals surface area contributed by atoms with Gasteiger partial charge in [0, 0.05) is 12.1 Å². The quantitative estimate of drug-likeness (QED) is 0.781. The number of likely N-dealkylation sites (N-methyl/N-ethyl adjacent to an activating group) is 1.